The molecule has 0 spiro atoms. The van der Waals surface area contributed by atoms with Gasteiger partial charge >= 0.3 is 0 Å². The van der Waals surface area contributed by atoms with Gasteiger partial charge in [0, 0.05) is 25.7 Å². The Kier molecular flexibility index (Phi) is 4.42. The van der Waals surface area contributed by atoms with E-state index in [2.05, 4.69) is 10.2 Å². The molecule has 0 radical (unpaired) electrons. The Morgan fingerprint density at radius 3 is 2.74 bits per heavy atom. The quantitative estimate of drug-likeness (QED) is 0.754. The van der Waals surface area contributed by atoms with Crippen molar-refractivity contribution in [1.29, 1.82) is 0 Å². The van der Waals surface area contributed by atoms with Crippen LogP contribution in [0.4, 0.5) is 0 Å². The molecule has 0 aromatic carbocycles. The van der Waals surface area contributed by atoms with Crippen molar-refractivity contribution in [2.75, 3.05) is 39.5 Å². The minimum absolute atomic E-state index is 0.215. The Hall–Kier alpha value is -0.160. The molecule has 0 aromatic rings. The number of hydrogen-bond acceptors (Lipinski definition) is 4. The van der Waals surface area contributed by atoms with E-state index in [1.807, 2.05) is 0 Å². The maximum Gasteiger partial charge on any atom is 0.0644 e. The Morgan fingerprint density at radius 2 is 2.05 bits per heavy atom. The van der Waals surface area contributed by atoms with Crippen LogP contribution in [0.3, 0.4) is 0 Å². The Bertz CT molecular complexity index is 288. The number of hydrogen-bond donors (Lipinski definition) is 2. The molecule has 0 aromatic heterocycles. The van der Waals surface area contributed by atoms with Crippen LogP contribution in [0, 0.1) is 5.41 Å². The molecule has 1 aliphatic heterocycles. The van der Waals surface area contributed by atoms with Crippen molar-refractivity contribution < 1.29 is 9.84 Å². The first-order valence-electron chi connectivity index (χ1n) is 7.97. The lowest BCUT2D eigenvalue weighted by Gasteiger charge is -2.41. The van der Waals surface area contributed by atoms with Gasteiger partial charge in [0.1, 0.15) is 0 Å². The Balaban J connectivity index is 1.58. The molecular formula is C15H28N2O2. The van der Waals surface area contributed by atoms with Gasteiger partial charge in [-0.15, -0.1) is 0 Å². The summed E-state index contributed by atoms with van der Waals surface area (Å²) in [7, 11) is 0. The topological polar surface area (TPSA) is 44.7 Å². The van der Waals surface area contributed by atoms with E-state index in [1.165, 1.54) is 45.1 Å². The predicted molar refractivity (Wildman–Crippen MR) is 75.2 cm³/mol. The molecule has 0 amide bonds. The van der Waals surface area contributed by atoms with Crippen molar-refractivity contribution in [3.05, 3.63) is 0 Å². The third-order valence-electron chi connectivity index (χ3n) is 5.11. The molecule has 3 fully saturated rings. The van der Waals surface area contributed by atoms with E-state index in [9.17, 15) is 5.11 Å². The lowest BCUT2D eigenvalue weighted by Crippen LogP contribution is -2.53. The number of aliphatic hydroxyl groups is 1. The van der Waals surface area contributed by atoms with Gasteiger partial charge in [-0.05, 0) is 31.1 Å². The standard InChI is InChI=1S/C15H28N2O2/c18-9-14-10-19-8-7-17(14)12-15(5-1-2-6-15)11-16-13-3-4-13/h13-14,16,18H,1-12H2. The number of morpholine rings is 1. The number of ether oxygens (including phenoxy) is 1. The van der Waals surface area contributed by atoms with Gasteiger partial charge in [-0.25, -0.2) is 0 Å². The third kappa shape index (κ3) is 3.48. The number of nitrogens with zero attached hydrogens (tertiary/aromatic N) is 1. The second kappa shape index (κ2) is 6.08. The van der Waals surface area contributed by atoms with E-state index in [4.69, 9.17) is 4.74 Å². The highest BCUT2D eigenvalue weighted by molar-refractivity contribution is 4.94. The van der Waals surface area contributed by atoms with E-state index < -0.39 is 0 Å². The van der Waals surface area contributed by atoms with Crippen molar-refractivity contribution in [3.8, 4) is 0 Å². The molecule has 2 saturated carbocycles. The van der Waals surface area contributed by atoms with E-state index in [1.54, 1.807) is 0 Å². The molecule has 1 saturated heterocycles. The summed E-state index contributed by atoms with van der Waals surface area (Å²) in [6.45, 7) is 5.04. The average molecular weight is 268 g/mol. The van der Waals surface area contributed by atoms with Gasteiger partial charge in [-0.1, -0.05) is 12.8 Å². The first-order chi connectivity index (χ1) is 9.31. The summed E-state index contributed by atoms with van der Waals surface area (Å²) in [4.78, 5) is 2.48. The smallest absolute Gasteiger partial charge is 0.0644 e. The fourth-order valence-electron chi connectivity index (χ4n) is 3.66. The van der Waals surface area contributed by atoms with Crippen molar-refractivity contribution in [2.45, 2.75) is 50.6 Å². The summed E-state index contributed by atoms with van der Waals surface area (Å²) in [6.07, 6.45) is 8.19. The Morgan fingerprint density at radius 1 is 1.26 bits per heavy atom. The fourth-order valence-corrected chi connectivity index (χ4v) is 3.66. The molecule has 2 aliphatic carbocycles. The Labute approximate surface area is 116 Å². The second-order valence-corrected chi connectivity index (χ2v) is 6.74. The zero-order valence-corrected chi connectivity index (χ0v) is 11.9. The van der Waals surface area contributed by atoms with E-state index >= 15 is 0 Å². The summed E-state index contributed by atoms with van der Waals surface area (Å²) in [6, 6.07) is 1.02. The van der Waals surface area contributed by atoms with Crippen LogP contribution in [-0.4, -0.2) is 61.5 Å². The first-order valence-corrected chi connectivity index (χ1v) is 7.97. The van der Waals surface area contributed by atoms with Crippen LogP contribution in [0.5, 0.6) is 0 Å². The fraction of sp³-hybridized carbons (Fsp3) is 1.00. The third-order valence-corrected chi connectivity index (χ3v) is 5.11. The molecule has 0 bridgehead atoms. The van der Waals surface area contributed by atoms with Gasteiger partial charge < -0.3 is 15.2 Å². The number of nitrogens with one attached hydrogen (secondary N) is 1. The van der Waals surface area contributed by atoms with Crippen molar-refractivity contribution >= 4 is 0 Å². The van der Waals surface area contributed by atoms with E-state index in [-0.39, 0.29) is 12.6 Å². The highest BCUT2D eigenvalue weighted by Crippen LogP contribution is 2.39. The molecule has 110 valence electrons. The van der Waals surface area contributed by atoms with Gasteiger partial charge in [0.2, 0.25) is 0 Å². The SMILES string of the molecule is OCC1COCCN1CC1(CNC2CC2)CCCC1. The van der Waals surface area contributed by atoms with E-state index in [0.717, 1.165) is 25.7 Å². The maximum absolute atomic E-state index is 9.51. The molecule has 4 nitrogen and oxygen atoms in total. The minimum atomic E-state index is 0.215. The predicted octanol–water partition coefficient (Wildman–Crippen LogP) is 0.992. The maximum atomic E-state index is 9.51. The monoisotopic (exact) mass is 268 g/mol. The summed E-state index contributed by atoms with van der Waals surface area (Å²) in [5, 5.41) is 13.3. The summed E-state index contributed by atoms with van der Waals surface area (Å²) >= 11 is 0. The highest BCUT2D eigenvalue weighted by Gasteiger charge is 2.38. The van der Waals surface area contributed by atoms with Gasteiger partial charge in [0.05, 0.1) is 25.9 Å². The van der Waals surface area contributed by atoms with Crippen LogP contribution in [-0.2, 0) is 4.74 Å². The van der Waals surface area contributed by atoms with Crippen LogP contribution in [0.15, 0.2) is 0 Å². The van der Waals surface area contributed by atoms with Gasteiger partial charge in [-0.3, -0.25) is 4.90 Å². The van der Waals surface area contributed by atoms with Crippen LogP contribution in [0.25, 0.3) is 0 Å². The molecule has 2 N–H and O–H groups in total. The molecule has 1 atom stereocenters. The molecular weight excluding hydrogens is 240 g/mol. The van der Waals surface area contributed by atoms with Gasteiger partial charge in [0.15, 0.2) is 0 Å². The second-order valence-electron chi connectivity index (χ2n) is 6.74. The van der Waals surface area contributed by atoms with Gasteiger partial charge in [0.25, 0.3) is 0 Å². The lowest BCUT2D eigenvalue weighted by atomic mass is 9.84. The summed E-state index contributed by atoms with van der Waals surface area (Å²) in [5.41, 5.74) is 0.452. The van der Waals surface area contributed by atoms with Crippen molar-refractivity contribution in [3.63, 3.8) is 0 Å². The zero-order valence-electron chi connectivity index (χ0n) is 11.9. The molecule has 1 heterocycles. The summed E-state index contributed by atoms with van der Waals surface area (Å²) in [5.74, 6) is 0. The van der Waals surface area contributed by atoms with Crippen LogP contribution < -0.4 is 5.32 Å². The number of aliphatic hydroxyl groups excluding tert-OH is 1. The molecule has 1 unspecified atom stereocenters. The zero-order chi connectivity index (χ0) is 13.1. The minimum Gasteiger partial charge on any atom is -0.395 e. The molecule has 3 rings (SSSR count). The normalized spacial score (nSPS) is 31.7. The first kappa shape index (κ1) is 13.8. The highest BCUT2D eigenvalue weighted by atomic mass is 16.5. The summed E-state index contributed by atoms with van der Waals surface area (Å²) < 4.78 is 5.49. The van der Waals surface area contributed by atoms with Crippen LogP contribution in [0.2, 0.25) is 0 Å². The van der Waals surface area contributed by atoms with E-state index in [0.29, 0.717) is 12.0 Å². The molecule has 3 aliphatic rings. The van der Waals surface area contributed by atoms with Gasteiger partial charge in [-0.2, -0.15) is 0 Å². The average Bonchev–Trinajstić information content (AvgIpc) is 3.17. The molecule has 4 heteroatoms. The van der Waals surface area contributed by atoms with Crippen molar-refractivity contribution in [1.82, 2.24) is 10.2 Å². The van der Waals surface area contributed by atoms with Crippen LogP contribution >= 0.6 is 0 Å². The van der Waals surface area contributed by atoms with Crippen molar-refractivity contribution in [2.24, 2.45) is 5.41 Å². The van der Waals surface area contributed by atoms with Crippen LogP contribution in [0.1, 0.15) is 38.5 Å². The number of rotatable bonds is 6. The molecule has 19 heavy (non-hydrogen) atoms. The lowest BCUT2D eigenvalue weighted by molar-refractivity contribution is -0.0440. The largest absolute Gasteiger partial charge is 0.395 e.